The summed E-state index contributed by atoms with van der Waals surface area (Å²) in [5.74, 6) is 1.73. The molecule has 0 amide bonds. The Kier molecular flexibility index (Phi) is 3.12. The molecule has 0 spiro atoms. The SMILES string of the molecule is C[C@H]1CCCC[C@@H]1N(C)c1ncnc2c1cnn2C. The van der Waals surface area contributed by atoms with Crippen LogP contribution in [-0.4, -0.2) is 32.8 Å². The first-order valence-corrected chi connectivity index (χ1v) is 7.04. The van der Waals surface area contributed by atoms with Gasteiger partial charge in [0.25, 0.3) is 0 Å². The van der Waals surface area contributed by atoms with Crippen LogP contribution in [-0.2, 0) is 7.05 Å². The lowest BCUT2D eigenvalue weighted by molar-refractivity contribution is 0.321. The molecule has 2 heterocycles. The predicted octanol–water partition coefficient (Wildman–Crippen LogP) is 2.38. The number of aromatic nitrogens is 4. The van der Waals surface area contributed by atoms with Crippen molar-refractivity contribution in [1.82, 2.24) is 19.7 Å². The first-order chi connectivity index (χ1) is 9.18. The molecule has 5 nitrogen and oxygen atoms in total. The van der Waals surface area contributed by atoms with Gasteiger partial charge in [0.2, 0.25) is 0 Å². The smallest absolute Gasteiger partial charge is 0.163 e. The zero-order valence-electron chi connectivity index (χ0n) is 11.9. The molecular formula is C14H21N5. The summed E-state index contributed by atoms with van der Waals surface area (Å²) in [4.78, 5) is 11.1. The van der Waals surface area contributed by atoms with Gasteiger partial charge in [-0.2, -0.15) is 5.10 Å². The fourth-order valence-electron chi connectivity index (χ4n) is 3.26. The van der Waals surface area contributed by atoms with Gasteiger partial charge >= 0.3 is 0 Å². The van der Waals surface area contributed by atoms with Crippen LogP contribution in [0, 0.1) is 5.92 Å². The standard InChI is InChI=1S/C14H21N5/c1-10-6-4-5-7-12(10)18(2)13-11-8-17-19(3)14(11)16-9-15-13/h8-10,12H,4-7H2,1-3H3/t10-,12-/m0/s1. The van der Waals surface area contributed by atoms with E-state index in [0.29, 0.717) is 6.04 Å². The molecule has 3 rings (SSSR count). The molecule has 0 N–H and O–H groups in total. The maximum atomic E-state index is 4.49. The Morgan fingerprint density at radius 3 is 2.84 bits per heavy atom. The van der Waals surface area contributed by atoms with E-state index in [1.165, 1.54) is 25.7 Å². The Balaban J connectivity index is 1.99. The summed E-state index contributed by atoms with van der Waals surface area (Å²) in [5.41, 5.74) is 0.903. The Bertz CT molecular complexity index is 576. The van der Waals surface area contributed by atoms with Gasteiger partial charge in [0.15, 0.2) is 5.65 Å². The van der Waals surface area contributed by atoms with Crippen molar-refractivity contribution in [2.75, 3.05) is 11.9 Å². The highest BCUT2D eigenvalue weighted by Crippen LogP contribution is 2.31. The number of fused-ring (bicyclic) bond motifs is 1. The summed E-state index contributed by atoms with van der Waals surface area (Å²) in [6, 6.07) is 0.576. The largest absolute Gasteiger partial charge is 0.356 e. The number of anilines is 1. The molecular weight excluding hydrogens is 238 g/mol. The first kappa shape index (κ1) is 12.4. The molecule has 0 saturated heterocycles. The van der Waals surface area contributed by atoms with Gasteiger partial charge in [-0.3, -0.25) is 4.68 Å². The number of rotatable bonds is 2. The molecule has 0 aromatic carbocycles. The van der Waals surface area contributed by atoms with Crippen LogP contribution in [0.3, 0.4) is 0 Å². The number of hydrogen-bond acceptors (Lipinski definition) is 4. The van der Waals surface area contributed by atoms with Crippen LogP contribution in [0.2, 0.25) is 0 Å². The molecule has 0 radical (unpaired) electrons. The highest BCUT2D eigenvalue weighted by atomic mass is 15.3. The molecule has 1 aliphatic carbocycles. The average molecular weight is 259 g/mol. The van der Waals surface area contributed by atoms with Crippen LogP contribution in [0.5, 0.6) is 0 Å². The van der Waals surface area contributed by atoms with Gasteiger partial charge in [-0.05, 0) is 18.8 Å². The molecule has 102 valence electrons. The van der Waals surface area contributed by atoms with Crippen molar-refractivity contribution < 1.29 is 0 Å². The van der Waals surface area contributed by atoms with E-state index in [4.69, 9.17) is 0 Å². The molecule has 0 aliphatic heterocycles. The zero-order chi connectivity index (χ0) is 13.4. The Morgan fingerprint density at radius 1 is 1.26 bits per heavy atom. The normalized spacial score (nSPS) is 23.7. The molecule has 2 aromatic heterocycles. The average Bonchev–Trinajstić information content (AvgIpc) is 2.80. The van der Waals surface area contributed by atoms with Crippen molar-refractivity contribution in [3.63, 3.8) is 0 Å². The van der Waals surface area contributed by atoms with Crippen molar-refractivity contribution in [2.24, 2.45) is 13.0 Å². The molecule has 2 aromatic rings. The second kappa shape index (κ2) is 4.79. The van der Waals surface area contributed by atoms with E-state index in [0.717, 1.165) is 22.8 Å². The summed E-state index contributed by atoms with van der Waals surface area (Å²) in [5, 5.41) is 5.34. The lowest BCUT2D eigenvalue weighted by Crippen LogP contribution is -2.39. The van der Waals surface area contributed by atoms with Crippen LogP contribution in [0.15, 0.2) is 12.5 Å². The molecule has 1 aliphatic rings. The van der Waals surface area contributed by atoms with Gasteiger partial charge in [0, 0.05) is 20.1 Å². The van der Waals surface area contributed by atoms with Crippen molar-refractivity contribution in [2.45, 2.75) is 38.6 Å². The number of hydrogen-bond donors (Lipinski definition) is 0. The minimum absolute atomic E-state index is 0.576. The predicted molar refractivity (Wildman–Crippen MR) is 76.1 cm³/mol. The molecule has 2 atom stereocenters. The Morgan fingerprint density at radius 2 is 2.05 bits per heavy atom. The fraction of sp³-hybridized carbons (Fsp3) is 0.643. The summed E-state index contributed by atoms with van der Waals surface area (Å²) >= 11 is 0. The molecule has 1 fully saturated rings. The van der Waals surface area contributed by atoms with Crippen molar-refractivity contribution >= 4 is 16.9 Å². The molecule has 0 bridgehead atoms. The second-order valence-corrected chi connectivity index (χ2v) is 5.64. The molecule has 5 heteroatoms. The zero-order valence-corrected chi connectivity index (χ0v) is 11.9. The summed E-state index contributed by atoms with van der Waals surface area (Å²) < 4.78 is 1.80. The van der Waals surface area contributed by atoms with E-state index in [1.807, 2.05) is 13.2 Å². The maximum absolute atomic E-state index is 4.49. The molecule has 1 saturated carbocycles. The Hall–Kier alpha value is -1.65. The lowest BCUT2D eigenvalue weighted by atomic mass is 9.85. The minimum atomic E-state index is 0.576. The third kappa shape index (κ3) is 2.07. The van der Waals surface area contributed by atoms with E-state index in [1.54, 1.807) is 11.0 Å². The third-order valence-electron chi connectivity index (χ3n) is 4.41. The van der Waals surface area contributed by atoms with Crippen molar-refractivity contribution in [3.05, 3.63) is 12.5 Å². The highest BCUT2D eigenvalue weighted by Gasteiger charge is 2.27. The summed E-state index contributed by atoms with van der Waals surface area (Å²) in [6.07, 6.45) is 8.76. The van der Waals surface area contributed by atoms with Crippen LogP contribution >= 0.6 is 0 Å². The monoisotopic (exact) mass is 259 g/mol. The topological polar surface area (TPSA) is 46.8 Å². The highest BCUT2D eigenvalue weighted by molar-refractivity contribution is 5.86. The Labute approximate surface area is 113 Å². The molecule has 0 unspecified atom stereocenters. The van der Waals surface area contributed by atoms with Gasteiger partial charge in [-0.1, -0.05) is 19.8 Å². The van der Waals surface area contributed by atoms with E-state index in [2.05, 4.69) is 33.9 Å². The molecule has 19 heavy (non-hydrogen) atoms. The van der Waals surface area contributed by atoms with Crippen LogP contribution in [0.1, 0.15) is 32.6 Å². The van der Waals surface area contributed by atoms with E-state index < -0.39 is 0 Å². The minimum Gasteiger partial charge on any atom is -0.356 e. The van der Waals surface area contributed by atoms with E-state index >= 15 is 0 Å². The fourth-order valence-corrected chi connectivity index (χ4v) is 3.26. The summed E-state index contributed by atoms with van der Waals surface area (Å²) in [7, 11) is 4.07. The van der Waals surface area contributed by atoms with Crippen LogP contribution in [0.4, 0.5) is 5.82 Å². The lowest BCUT2D eigenvalue weighted by Gasteiger charge is -2.37. The van der Waals surface area contributed by atoms with E-state index in [-0.39, 0.29) is 0 Å². The number of aryl methyl sites for hydroxylation is 1. The second-order valence-electron chi connectivity index (χ2n) is 5.64. The maximum Gasteiger partial charge on any atom is 0.163 e. The van der Waals surface area contributed by atoms with Gasteiger partial charge in [0.05, 0.1) is 11.6 Å². The number of nitrogens with zero attached hydrogens (tertiary/aromatic N) is 5. The van der Waals surface area contributed by atoms with Crippen molar-refractivity contribution in [3.8, 4) is 0 Å². The first-order valence-electron chi connectivity index (χ1n) is 7.04. The van der Waals surface area contributed by atoms with E-state index in [9.17, 15) is 0 Å². The van der Waals surface area contributed by atoms with Crippen LogP contribution in [0.25, 0.3) is 11.0 Å². The van der Waals surface area contributed by atoms with Crippen molar-refractivity contribution in [1.29, 1.82) is 0 Å². The van der Waals surface area contributed by atoms with Crippen LogP contribution < -0.4 is 4.90 Å². The summed E-state index contributed by atoms with van der Waals surface area (Å²) in [6.45, 7) is 2.35. The van der Waals surface area contributed by atoms with Gasteiger partial charge < -0.3 is 4.90 Å². The quantitative estimate of drug-likeness (QED) is 0.830. The third-order valence-corrected chi connectivity index (χ3v) is 4.41. The van der Waals surface area contributed by atoms with Gasteiger partial charge in [0.1, 0.15) is 12.1 Å². The van der Waals surface area contributed by atoms with Gasteiger partial charge in [-0.25, -0.2) is 9.97 Å². The van der Waals surface area contributed by atoms with Gasteiger partial charge in [-0.15, -0.1) is 0 Å².